The van der Waals surface area contributed by atoms with Crippen LogP contribution in [0.25, 0.3) is 5.70 Å². The monoisotopic (exact) mass is 244 g/mol. The molecule has 1 aliphatic heterocycles. The average Bonchev–Trinajstić information content (AvgIpc) is 2.84. The van der Waals surface area contributed by atoms with Gasteiger partial charge in [0.1, 0.15) is 0 Å². The predicted molar refractivity (Wildman–Crippen MR) is 74.3 cm³/mol. The molecular formula is C15H20N2O. The van der Waals surface area contributed by atoms with Crippen molar-refractivity contribution in [1.82, 2.24) is 5.48 Å². The topological polar surface area (TPSA) is 24.5 Å². The van der Waals surface area contributed by atoms with Crippen molar-refractivity contribution < 1.29 is 4.84 Å². The molecule has 1 N–H and O–H groups in total. The zero-order valence-electron chi connectivity index (χ0n) is 10.9. The molecule has 0 spiro atoms. The molecule has 18 heavy (non-hydrogen) atoms. The van der Waals surface area contributed by atoms with E-state index in [-0.39, 0.29) is 0 Å². The van der Waals surface area contributed by atoms with Crippen molar-refractivity contribution >= 4 is 11.4 Å². The zero-order chi connectivity index (χ0) is 12.4. The molecule has 0 saturated carbocycles. The van der Waals surface area contributed by atoms with Crippen molar-refractivity contribution in [1.29, 1.82) is 0 Å². The smallest absolute Gasteiger partial charge is 0.0643 e. The van der Waals surface area contributed by atoms with Gasteiger partial charge in [0, 0.05) is 24.3 Å². The Bertz CT molecular complexity index is 462. The summed E-state index contributed by atoms with van der Waals surface area (Å²) < 4.78 is 0. The molecule has 3 nitrogen and oxygen atoms in total. The van der Waals surface area contributed by atoms with E-state index in [1.165, 1.54) is 49.2 Å². The van der Waals surface area contributed by atoms with Gasteiger partial charge in [-0.2, -0.15) is 0 Å². The number of fused-ring (bicyclic) bond motifs is 1. The summed E-state index contributed by atoms with van der Waals surface area (Å²) in [4.78, 5) is 7.57. The number of nitrogens with one attached hydrogen (secondary N) is 1. The molecule has 0 radical (unpaired) electrons. The highest BCUT2D eigenvalue weighted by Gasteiger charge is 2.21. The fourth-order valence-electron chi connectivity index (χ4n) is 2.99. The van der Waals surface area contributed by atoms with Crippen LogP contribution >= 0.6 is 0 Å². The molecule has 1 aliphatic carbocycles. The summed E-state index contributed by atoms with van der Waals surface area (Å²) in [7, 11) is 1.66. The molecule has 0 aromatic heterocycles. The molecule has 96 valence electrons. The normalized spacial score (nSPS) is 18.5. The molecule has 1 aromatic carbocycles. The van der Waals surface area contributed by atoms with Gasteiger partial charge in [0.05, 0.1) is 12.8 Å². The van der Waals surface area contributed by atoms with Crippen LogP contribution in [0.1, 0.15) is 30.4 Å². The number of allylic oxidation sites excluding steroid dienone is 1. The molecule has 3 heteroatoms. The van der Waals surface area contributed by atoms with E-state index in [1.54, 1.807) is 7.11 Å². The third-order valence-electron chi connectivity index (χ3n) is 3.86. The van der Waals surface area contributed by atoms with Gasteiger partial charge in [-0.3, -0.25) is 10.3 Å². The van der Waals surface area contributed by atoms with Gasteiger partial charge in [0.25, 0.3) is 0 Å². The Labute approximate surface area is 108 Å². The maximum absolute atomic E-state index is 5.04. The second-order valence-electron chi connectivity index (χ2n) is 4.98. The second-order valence-corrected chi connectivity index (χ2v) is 4.98. The van der Waals surface area contributed by atoms with Crippen LogP contribution in [0.3, 0.4) is 0 Å². The first-order chi connectivity index (χ1) is 8.90. The van der Waals surface area contributed by atoms with Crippen LogP contribution in [0, 0.1) is 0 Å². The van der Waals surface area contributed by atoms with E-state index in [2.05, 4.69) is 34.7 Å². The first-order valence-electron chi connectivity index (χ1n) is 6.76. The van der Waals surface area contributed by atoms with Gasteiger partial charge in [-0.15, -0.1) is 0 Å². The van der Waals surface area contributed by atoms with Gasteiger partial charge in [-0.05, 0) is 37.3 Å². The molecule has 0 bridgehead atoms. The highest BCUT2D eigenvalue weighted by Crippen LogP contribution is 2.34. The average molecular weight is 244 g/mol. The van der Waals surface area contributed by atoms with E-state index in [4.69, 9.17) is 4.84 Å². The molecule has 1 aromatic rings. The molecule has 1 fully saturated rings. The quantitative estimate of drug-likeness (QED) is 0.827. The van der Waals surface area contributed by atoms with Crippen LogP contribution in [0.4, 0.5) is 5.69 Å². The number of benzene rings is 1. The highest BCUT2D eigenvalue weighted by molar-refractivity contribution is 5.77. The Hall–Kier alpha value is -1.48. The van der Waals surface area contributed by atoms with Crippen molar-refractivity contribution in [3.63, 3.8) is 0 Å². The van der Waals surface area contributed by atoms with Crippen LogP contribution in [-0.4, -0.2) is 20.2 Å². The predicted octanol–water partition coefficient (Wildman–Crippen LogP) is 2.72. The molecule has 0 amide bonds. The Morgan fingerprint density at radius 3 is 2.78 bits per heavy atom. The SMILES string of the molecule is CONC1=CCc2c1cccc2N1CCCCC1. The number of hydroxylamine groups is 1. The Balaban J connectivity index is 1.90. The molecule has 0 atom stereocenters. The molecular weight excluding hydrogens is 224 g/mol. The summed E-state index contributed by atoms with van der Waals surface area (Å²) in [6, 6.07) is 6.58. The Morgan fingerprint density at radius 1 is 1.17 bits per heavy atom. The summed E-state index contributed by atoms with van der Waals surface area (Å²) >= 11 is 0. The van der Waals surface area contributed by atoms with Crippen molar-refractivity contribution in [3.8, 4) is 0 Å². The molecule has 1 heterocycles. The Kier molecular flexibility index (Phi) is 3.24. The number of piperidine rings is 1. The maximum Gasteiger partial charge on any atom is 0.0643 e. The van der Waals surface area contributed by atoms with Crippen LogP contribution < -0.4 is 10.4 Å². The van der Waals surface area contributed by atoms with E-state index >= 15 is 0 Å². The zero-order valence-corrected chi connectivity index (χ0v) is 10.9. The Morgan fingerprint density at radius 2 is 2.00 bits per heavy atom. The van der Waals surface area contributed by atoms with Gasteiger partial charge in [0.2, 0.25) is 0 Å². The lowest BCUT2D eigenvalue weighted by Crippen LogP contribution is -2.30. The minimum absolute atomic E-state index is 1.01. The summed E-state index contributed by atoms with van der Waals surface area (Å²) in [6.45, 7) is 2.40. The van der Waals surface area contributed by atoms with Gasteiger partial charge in [-0.25, -0.2) is 0 Å². The van der Waals surface area contributed by atoms with E-state index in [0.717, 1.165) is 12.1 Å². The number of rotatable bonds is 3. The van der Waals surface area contributed by atoms with Crippen molar-refractivity contribution in [2.24, 2.45) is 0 Å². The minimum Gasteiger partial charge on any atom is -0.371 e. The molecule has 0 unspecified atom stereocenters. The van der Waals surface area contributed by atoms with Gasteiger partial charge in [0.15, 0.2) is 0 Å². The van der Waals surface area contributed by atoms with Crippen molar-refractivity contribution in [2.45, 2.75) is 25.7 Å². The van der Waals surface area contributed by atoms with Gasteiger partial charge < -0.3 is 4.90 Å². The lowest BCUT2D eigenvalue weighted by molar-refractivity contribution is 0.137. The fraction of sp³-hybridized carbons (Fsp3) is 0.467. The minimum atomic E-state index is 1.01. The van der Waals surface area contributed by atoms with Crippen LogP contribution in [0.2, 0.25) is 0 Å². The lowest BCUT2D eigenvalue weighted by atomic mass is 10.0. The van der Waals surface area contributed by atoms with Crippen LogP contribution in [0.15, 0.2) is 24.3 Å². The maximum atomic E-state index is 5.04. The van der Waals surface area contributed by atoms with Crippen LogP contribution in [-0.2, 0) is 11.3 Å². The number of nitrogens with zero attached hydrogens (tertiary/aromatic N) is 1. The first-order valence-corrected chi connectivity index (χ1v) is 6.76. The second kappa shape index (κ2) is 5.02. The summed E-state index contributed by atoms with van der Waals surface area (Å²) in [6.07, 6.45) is 7.23. The number of anilines is 1. The number of hydrogen-bond donors (Lipinski definition) is 1. The molecule has 3 rings (SSSR count). The summed E-state index contributed by atoms with van der Waals surface area (Å²) in [5.41, 5.74) is 8.22. The van der Waals surface area contributed by atoms with Crippen molar-refractivity contribution in [2.75, 3.05) is 25.1 Å². The van der Waals surface area contributed by atoms with E-state index < -0.39 is 0 Å². The third-order valence-corrected chi connectivity index (χ3v) is 3.86. The van der Waals surface area contributed by atoms with E-state index in [9.17, 15) is 0 Å². The molecule has 1 saturated heterocycles. The number of hydrogen-bond acceptors (Lipinski definition) is 3. The summed E-state index contributed by atoms with van der Waals surface area (Å²) in [5.74, 6) is 0. The standard InChI is InChI=1S/C15H20N2O/c1-18-16-14-9-8-13-12(14)6-5-7-15(13)17-10-3-2-4-11-17/h5-7,9,16H,2-4,8,10-11H2,1H3. The lowest BCUT2D eigenvalue weighted by Gasteiger charge is -2.30. The van der Waals surface area contributed by atoms with Gasteiger partial charge >= 0.3 is 0 Å². The summed E-state index contributed by atoms with van der Waals surface area (Å²) in [5, 5.41) is 0. The van der Waals surface area contributed by atoms with Crippen molar-refractivity contribution in [3.05, 3.63) is 35.4 Å². The van der Waals surface area contributed by atoms with E-state index in [1.807, 2.05) is 0 Å². The van der Waals surface area contributed by atoms with E-state index in [0.29, 0.717) is 0 Å². The fourth-order valence-corrected chi connectivity index (χ4v) is 2.99. The van der Waals surface area contributed by atoms with Gasteiger partial charge in [-0.1, -0.05) is 18.2 Å². The van der Waals surface area contributed by atoms with Crippen LogP contribution in [0.5, 0.6) is 0 Å². The third kappa shape index (κ3) is 1.99. The highest BCUT2D eigenvalue weighted by atomic mass is 16.6. The largest absolute Gasteiger partial charge is 0.371 e. The molecule has 2 aliphatic rings. The first kappa shape index (κ1) is 11.6.